The third kappa shape index (κ3) is 4.32. The Morgan fingerprint density at radius 2 is 1.90 bits per heavy atom. The van der Waals surface area contributed by atoms with E-state index in [-0.39, 0.29) is 6.54 Å². The molecule has 1 heterocycles. The maximum Gasteiger partial charge on any atom is 0.253 e. The number of amides is 1. The first kappa shape index (κ1) is 16.0. The van der Waals surface area contributed by atoms with Crippen LogP contribution in [0.25, 0.3) is 0 Å². The van der Waals surface area contributed by atoms with E-state index in [1.165, 1.54) is 24.4 Å². The van der Waals surface area contributed by atoms with Crippen LogP contribution >= 0.6 is 34.8 Å². The SMILES string of the molecule is O=C(NCc1ccncc1Cl)C(O)c1cc(Cl)cc(Cl)c1. The molecule has 110 valence electrons. The van der Waals surface area contributed by atoms with Crippen LogP contribution in [0, 0.1) is 0 Å². The van der Waals surface area contributed by atoms with E-state index >= 15 is 0 Å². The fraction of sp³-hybridized carbons (Fsp3) is 0.143. The normalized spacial score (nSPS) is 12.0. The molecule has 2 N–H and O–H groups in total. The number of halogens is 3. The van der Waals surface area contributed by atoms with E-state index in [1.807, 2.05) is 0 Å². The predicted octanol–water partition coefficient (Wildman–Crippen LogP) is 3.39. The first-order valence-electron chi connectivity index (χ1n) is 5.97. The average Bonchev–Trinajstić information content (AvgIpc) is 2.44. The minimum absolute atomic E-state index is 0.186. The number of pyridine rings is 1. The third-order valence-corrected chi connectivity index (χ3v) is 3.54. The molecule has 0 aliphatic rings. The molecule has 2 aromatic rings. The Morgan fingerprint density at radius 1 is 1.24 bits per heavy atom. The van der Waals surface area contributed by atoms with Crippen molar-refractivity contribution in [3.63, 3.8) is 0 Å². The zero-order valence-corrected chi connectivity index (χ0v) is 13.0. The molecule has 1 aromatic heterocycles. The molecule has 0 spiro atoms. The molecule has 0 radical (unpaired) electrons. The zero-order chi connectivity index (χ0) is 15.4. The molecule has 1 unspecified atom stereocenters. The van der Waals surface area contributed by atoms with Gasteiger partial charge in [-0.2, -0.15) is 0 Å². The van der Waals surface area contributed by atoms with Gasteiger partial charge in [0, 0.05) is 29.0 Å². The first-order chi connectivity index (χ1) is 9.97. The lowest BCUT2D eigenvalue weighted by Gasteiger charge is -2.13. The summed E-state index contributed by atoms with van der Waals surface area (Å²) in [5, 5.41) is 13.7. The number of hydrogen-bond donors (Lipinski definition) is 2. The summed E-state index contributed by atoms with van der Waals surface area (Å²) >= 11 is 17.6. The van der Waals surface area contributed by atoms with Crippen LogP contribution in [0.3, 0.4) is 0 Å². The Hall–Kier alpha value is -1.33. The van der Waals surface area contributed by atoms with Crippen LogP contribution in [0.15, 0.2) is 36.7 Å². The summed E-state index contributed by atoms with van der Waals surface area (Å²) < 4.78 is 0. The molecular formula is C14H11Cl3N2O2. The molecular weight excluding hydrogens is 335 g/mol. The smallest absolute Gasteiger partial charge is 0.253 e. The molecule has 1 amide bonds. The lowest BCUT2D eigenvalue weighted by Crippen LogP contribution is -2.29. The Labute approximate surface area is 136 Å². The first-order valence-corrected chi connectivity index (χ1v) is 7.11. The van der Waals surface area contributed by atoms with Crippen LogP contribution in [0.4, 0.5) is 0 Å². The second kappa shape index (κ2) is 7.09. The van der Waals surface area contributed by atoms with Crippen LogP contribution in [-0.2, 0) is 11.3 Å². The van der Waals surface area contributed by atoms with E-state index in [0.29, 0.717) is 26.2 Å². The van der Waals surface area contributed by atoms with E-state index in [4.69, 9.17) is 34.8 Å². The van der Waals surface area contributed by atoms with E-state index in [9.17, 15) is 9.90 Å². The zero-order valence-electron chi connectivity index (χ0n) is 10.7. The van der Waals surface area contributed by atoms with E-state index in [2.05, 4.69) is 10.3 Å². The van der Waals surface area contributed by atoms with Gasteiger partial charge in [0.25, 0.3) is 5.91 Å². The van der Waals surface area contributed by atoms with Crippen LogP contribution in [0.2, 0.25) is 15.1 Å². The van der Waals surface area contributed by atoms with Crippen molar-refractivity contribution in [1.82, 2.24) is 10.3 Å². The van der Waals surface area contributed by atoms with Gasteiger partial charge in [0.15, 0.2) is 6.10 Å². The highest BCUT2D eigenvalue weighted by molar-refractivity contribution is 6.34. The highest BCUT2D eigenvalue weighted by Gasteiger charge is 2.18. The Morgan fingerprint density at radius 3 is 2.52 bits per heavy atom. The van der Waals surface area contributed by atoms with Gasteiger partial charge in [0.05, 0.1) is 5.02 Å². The lowest BCUT2D eigenvalue weighted by atomic mass is 10.1. The van der Waals surface area contributed by atoms with Gasteiger partial charge in [0.2, 0.25) is 0 Å². The highest BCUT2D eigenvalue weighted by atomic mass is 35.5. The fourth-order valence-corrected chi connectivity index (χ4v) is 2.44. The minimum Gasteiger partial charge on any atom is -0.378 e. The number of carbonyl (C=O) groups excluding carboxylic acids is 1. The van der Waals surface area contributed by atoms with Crippen molar-refractivity contribution in [2.45, 2.75) is 12.6 Å². The lowest BCUT2D eigenvalue weighted by molar-refractivity contribution is -0.129. The van der Waals surface area contributed by atoms with E-state index < -0.39 is 12.0 Å². The molecule has 1 atom stereocenters. The van der Waals surface area contributed by atoms with Crippen molar-refractivity contribution >= 4 is 40.7 Å². The van der Waals surface area contributed by atoms with Crippen molar-refractivity contribution < 1.29 is 9.90 Å². The van der Waals surface area contributed by atoms with Gasteiger partial charge in [-0.1, -0.05) is 34.8 Å². The number of nitrogens with zero attached hydrogens (tertiary/aromatic N) is 1. The number of nitrogens with one attached hydrogen (secondary N) is 1. The van der Waals surface area contributed by atoms with Crippen LogP contribution in [0.5, 0.6) is 0 Å². The fourth-order valence-electron chi connectivity index (χ4n) is 1.71. The molecule has 0 saturated carbocycles. The third-order valence-electron chi connectivity index (χ3n) is 2.76. The molecule has 1 aromatic carbocycles. The standard InChI is InChI=1S/C14H11Cl3N2O2/c15-10-3-9(4-11(16)5-10)13(20)14(21)19-6-8-1-2-18-7-12(8)17/h1-5,7,13,20H,6H2,(H,19,21). The quantitative estimate of drug-likeness (QED) is 0.893. The monoisotopic (exact) mass is 344 g/mol. The number of rotatable bonds is 4. The van der Waals surface area contributed by atoms with Gasteiger partial charge in [-0.05, 0) is 35.4 Å². The van der Waals surface area contributed by atoms with Crippen molar-refractivity contribution in [2.75, 3.05) is 0 Å². The molecule has 2 rings (SSSR count). The number of hydrogen-bond acceptors (Lipinski definition) is 3. The molecule has 0 fully saturated rings. The summed E-state index contributed by atoms with van der Waals surface area (Å²) in [7, 11) is 0. The van der Waals surface area contributed by atoms with Crippen LogP contribution < -0.4 is 5.32 Å². The van der Waals surface area contributed by atoms with Gasteiger partial charge in [-0.15, -0.1) is 0 Å². The molecule has 0 bridgehead atoms. The largest absolute Gasteiger partial charge is 0.378 e. The summed E-state index contributed by atoms with van der Waals surface area (Å²) in [6.45, 7) is 0.186. The van der Waals surface area contributed by atoms with E-state index in [1.54, 1.807) is 12.3 Å². The summed E-state index contributed by atoms with van der Waals surface area (Å²) in [5.74, 6) is -0.568. The minimum atomic E-state index is -1.36. The summed E-state index contributed by atoms with van der Waals surface area (Å²) in [6.07, 6.45) is 1.69. The molecule has 0 saturated heterocycles. The number of aliphatic hydroxyl groups is 1. The number of carbonyl (C=O) groups is 1. The summed E-state index contributed by atoms with van der Waals surface area (Å²) in [4.78, 5) is 15.8. The average molecular weight is 346 g/mol. The van der Waals surface area contributed by atoms with Crippen molar-refractivity contribution in [2.24, 2.45) is 0 Å². The topological polar surface area (TPSA) is 62.2 Å². The maximum atomic E-state index is 11.9. The molecule has 4 nitrogen and oxygen atoms in total. The molecule has 0 aliphatic heterocycles. The second-order valence-corrected chi connectivity index (χ2v) is 5.57. The van der Waals surface area contributed by atoms with Crippen molar-refractivity contribution in [3.05, 3.63) is 62.9 Å². The van der Waals surface area contributed by atoms with Gasteiger partial charge in [0.1, 0.15) is 0 Å². The predicted molar refractivity (Wildman–Crippen MR) is 82.5 cm³/mol. The Balaban J connectivity index is 2.04. The Kier molecular flexibility index (Phi) is 5.42. The van der Waals surface area contributed by atoms with Gasteiger partial charge in [-0.3, -0.25) is 9.78 Å². The molecule has 7 heteroatoms. The Bertz CT molecular complexity index is 644. The maximum absolute atomic E-state index is 11.9. The molecule has 21 heavy (non-hydrogen) atoms. The molecule has 0 aliphatic carbocycles. The van der Waals surface area contributed by atoms with Crippen molar-refractivity contribution in [1.29, 1.82) is 0 Å². The van der Waals surface area contributed by atoms with Gasteiger partial charge >= 0.3 is 0 Å². The van der Waals surface area contributed by atoms with Crippen LogP contribution in [-0.4, -0.2) is 16.0 Å². The van der Waals surface area contributed by atoms with Crippen molar-refractivity contribution in [3.8, 4) is 0 Å². The van der Waals surface area contributed by atoms with Gasteiger partial charge < -0.3 is 10.4 Å². The van der Waals surface area contributed by atoms with Gasteiger partial charge in [-0.25, -0.2) is 0 Å². The highest BCUT2D eigenvalue weighted by Crippen LogP contribution is 2.24. The second-order valence-electron chi connectivity index (χ2n) is 4.29. The van der Waals surface area contributed by atoms with E-state index in [0.717, 1.165) is 0 Å². The number of aromatic nitrogens is 1. The number of aliphatic hydroxyl groups excluding tert-OH is 1. The van der Waals surface area contributed by atoms with Crippen LogP contribution in [0.1, 0.15) is 17.2 Å². The summed E-state index contributed by atoms with van der Waals surface area (Å²) in [6, 6.07) is 6.17. The number of benzene rings is 1. The summed E-state index contributed by atoms with van der Waals surface area (Å²) in [5.41, 5.74) is 1.03.